The minimum absolute atomic E-state index is 0.0210. The molecule has 1 aliphatic carbocycles. The lowest BCUT2D eigenvalue weighted by atomic mass is 10.0. The topological polar surface area (TPSA) is 55.4 Å². The molecule has 0 unspecified atom stereocenters. The van der Waals surface area contributed by atoms with Gasteiger partial charge < -0.3 is 10.1 Å². The highest BCUT2D eigenvalue weighted by Gasteiger charge is 2.33. The number of nitrogens with one attached hydrogen (secondary N) is 1. The number of ether oxygens (including phenoxy) is 1. The fourth-order valence-electron chi connectivity index (χ4n) is 2.94. The third kappa shape index (κ3) is 2.17. The Morgan fingerprint density at radius 1 is 1.35 bits per heavy atom. The quantitative estimate of drug-likeness (QED) is 0.919. The highest BCUT2D eigenvalue weighted by molar-refractivity contribution is 6.03. The number of amides is 1. The van der Waals surface area contributed by atoms with Crippen LogP contribution in [0, 0.1) is 11.7 Å². The summed E-state index contributed by atoms with van der Waals surface area (Å²) >= 11 is 0. The molecular weight excluding hydrogens is 261 g/mol. The predicted octanol–water partition coefficient (Wildman–Crippen LogP) is 2.03. The first kappa shape index (κ1) is 13.1. The molecule has 1 aromatic rings. The van der Waals surface area contributed by atoms with E-state index in [1.165, 1.54) is 12.1 Å². The summed E-state index contributed by atoms with van der Waals surface area (Å²) in [5, 5.41) is 2.74. The fraction of sp³-hybridized carbons (Fsp3) is 0.467. The van der Waals surface area contributed by atoms with E-state index in [1.54, 1.807) is 0 Å². The van der Waals surface area contributed by atoms with E-state index in [1.807, 2.05) is 6.92 Å². The number of hydrogen-bond acceptors (Lipinski definition) is 3. The summed E-state index contributed by atoms with van der Waals surface area (Å²) < 4.78 is 19.5. The molecule has 0 spiro atoms. The van der Waals surface area contributed by atoms with Gasteiger partial charge in [0, 0.05) is 30.9 Å². The average Bonchev–Trinajstić information content (AvgIpc) is 2.94. The van der Waals surface area contributed by atoms with E-state index in [4.69, 9.17) is 4.74 Å². The standard InChI is InChI=1S/C15H16FNO3/c1-8-4-11(18)15-12(3-2-10(16)14(8)15)20-7-9-5-13(19)17-6-9/h2-3,8-9H,4-7H2,1H3,(H,17,19)/t8-,9-/m0/s1. The minimum Gasteiger partial charge on any atom is -0.492 e. The smallest absolute Gasteiger partial charge is 0.220 e. The van der Waals surface area contributed by atoms with E-state index >= 15 is 0 Å². The number of hydrogen-bond donors (Lipinski definition) is 1. The van der Waals surface area contributed by atoms with E-state index in [0.717, 1.165) is 0 Å². The summed E-state index contributed by atoms with van der Waals surface area (Å²) in [6.07, 6.45) is 0.768. The number of carbonyl (C=O) groups excluding carboxylic acids is 2. The number of halogens is 1. The highest BCUT2D eigenvalue weighted by atomic mass is 19.1. The summed E-state index contributed by atoms with van der Waals surface area (Å²) in [4.78, 5) is 23.1. The van der Waals surface area contributed by atoms with E-state index in [-0.39, 0.29) is 29.3 Å². The third-order valence-corrected chi connectivity index (χ3v) is 3.95. The molecule has 0 aromatic heterocycles. The van der Waals surface area contributed by atoms with Crippen LogP contribution in [0.5, 0.6) is 5.75 Å². The molecule has 2 atom stereocenters. The van der Waals surface area contributed by atoms with E-state index in [0.29, 0.717) is 42.9 Å². The Hall–Kier alpha value is -1.91. The summed E-state index contributed by atoms with van der Waals surface area (Å²) in [5.74, 6) is 0.0571. The first-order chi connectivity index (χ1) is 9.56. The minimum atomic E-state index is -0.344. The molecule has 1 fully saturated rings. The predicted molar refractivity (Wildman–Crippen MR) is 70.4 cm³/mol. The number of Topliss-reactive ketones (excluding diaryl/α,β-unsaturated/α-hetero) is 1. The van der Waals surface area contributed by atoms with Gasteiger partial charge in [0.05, 0.1) is 12.2 Å². The third-order valence-electron chi connectivity index (χ3n) is 3.95. The maximum Gasteiger partial charge on any atom is 0.220 e. The maximum absolute atomic E-state index is 13.8. The lowest BCUT2D eigenvalue weighted by Crippen LogP contribution is -2.17. The van der Waals surface area contributed by atoms with Crippen molar-refractivity contribution in [2.24, 2.45) is 5.92 Å². The van der Waals surface area contributed by atoms with Crippen LogP contribution in [0.2, 0.25) is 0 Å². The van der Waals surface area contributed by atoms with Gasteiger partial charge in [-0.05, 0) is 18.1 Å². The van der Waals surface area contributed by atoms with Crippen LogP contribution in [0.25, 0.3) is 0 Å². The van der Waals surface area contributed by atoms with Gasteiger partial charge in [-0.25, -0.2) is 4.39 Å². The molecule has 0 radical (unpaired) electrons. The second-order valence-electron chi connectivity index (χ2n) is 5.55. The molecule has 0 bridgehead atoms. The molecular formula is C15H16FNO3. The fourth-order valence-corrected chi connectivity index (χ4v) is 2.94. The number of carbonyl (C=O) groups is 2. The SMILES string of the molecule is C[C@H]1CC(=O)c2c(OC[C@@H]3CNC(=O)C3)ccc(F)c21. The van der Waals surface area contributed by atoms with Gasteiger partial charge in [0.15, 0.2) is 5.78 Å². The number of benzene rings is 1. The van der Waals surface area contributed by atoms with Crippen LogP contribution in [-0.4, -0.2) is 24.8 Å². The van der Waals surface area contributed by atoms with Crippen molar-refractivity contribution in [1.29, 1.82) is 0 Å². The second-order valence-corrected chi connectivity index (χ2v) is 5.55. The Labute approximate surface area is 116 Å². The lowest BCUT2D eigenvalue weighted by Gasteiger charge is -2.14. The van der Waals surface area contributed by atoms with Crippen molar-refractivity contribution in [3.05, 3.63) is 29.1 Å². The summed E-state index contributed by atoms with van der Waals surface area (Å²) in [7, 11) is 0. The van der Waals surface area contributed by atoms with Crippen LogP contribution in [0.4, 0.5) is 4.39 Å². The Kier molecular flexibility index (Phi) is 3.20. The lowest BCUT2D eigenvalue weighted by molar-refractivity contribution is -0.119. The Morgan fingerprint density at radius 2 is 2.15 bits per heavy atom. The summed E-state index contributed by atoms with van der Waals surface area (Å²) in [6.45, 7) is 2.79. The molecule has 20 heavy (non-hydrogen) atoms. The molecule has 1 aliphatic heterocycles. The van der Waals surface area contributed by atoms with Crippen LogP contribution in [0.3, 0.4) is 0 Å². The zero-order valence-electron chi connectivity index (χ0n) is 11.2. The van der Waals surface area contributed by atoms with Gasteiger partial charge in [0.1, 0.15) is 11.6 Å². The zero-order chi connectivity index (χ0) is 14.3. The van der Waals surface area contributed by atoms with Crippen molar-refractivity contribution in [1.82, 2.24) is 5.32 Å². The van der Waals surface area contributed by atoms with Crippen molar-refractivity contribution in [3.8, 4) is 5.75 Å². The highest BCUT2D eigenvalue weighted by Crippen LogP contribution is 2.39. The second kappa shape index (κ2) is 4.89. The van der Waals surface area contributed by atoms with Crippen LogP contribution < -0.4 is 10.1 Å². The maximum atomic E-state index is 13.8. The van der Waals surface area contributed by atoms with Crippen molar-refractivity contribution >= 4 is 11.7 Å². The molecule has 1 heterocycles. The van der Waals surface area contributed by atoms with Gasteiger partial charge in [-0.2, -0.15) is 0 Å². The molecule has 2 aliphatic rings. The Balaban J connectivity index is 1.81. The van der Waals surface area contributed by atoms with E-state index in [2.05, 4.69) is 5.32 Å². The van der Waals surface area contributed by atoms with Crippen molar-refractivity contribution in [2.45, 2.75) is 25.7 Å². The van der Waals surface area contributed by atoms with Crippen LogP contribution in [0.1, 0.15) is 41.6 Å². The first-order valence-corrected chi connectivity index (χ1v) is 6.81. The normalized spacial score (nSPS) is 24.7. The molecule has 5 heteroatoms. The van der Waals surface area contributed by atoms with Crippen molar-refractivity contribution in [3.63, 3.8) is 0 Å². The average molecular weight is 277 g/mol. The largest absolute Gasteiger partial charge is 0.492 e. The summed E-state index contributed by atoms with van der Waals surface area (Å²) in [5.41, 5.74) is 0.850. The Bertz CT molecular complexity index is 585. The molecule has 3 rings (SSSR count). The Morgan fingerprint density at radius 3 is 2.85 bits per heavy atom. The first-order valence-electron chi connectivity index (χ1n) is 6.81. The molecule has 106 valence electrons. The van der Waals surface area contributed by atoms with Crippen molar-refractivity contribution < 1.29 is 18.7 Å². The van der Waals surface area contributed by atoms with Gasteiger partial charge in [-0.3, -0.25) is 9.59 Å². The summed E-state index contributed by atoms with van der Waals surface area (Å²) in [6, 6.07) is 2.86. The van der Waals surface area contributed by atoms with Crippen LogP contribution in [-0.2, 0) is 4.79 Å². The molecule has 1 N–H and O–H groups in total. The van der Waals surface area contributed by atoms with Gasteiger partial charge in [0.2, 0.25) is 5.91 Å². The number of ketones is 1. The molecule has 4 nitrogen and oxygen atoms in total. The molecule has 1 saturated heterocycles. The van der Waals surface area contributed by atoms with Crippen LogP contribution >= 0.6 is 0 Å². The van der Waals surface area contributed by atoms with Gasteiger partial charge in [-0.1, -0.05) is 6.92 Å². The van der Waals surface area contributed by atoms with Gasteiger partial charge in [0.25, 0.3) is 0 Å². The number of fused-ring (bicyclic) bond motifs is 1. The number of rotatable bonds is 3. The monoisotopic (exact) mass is 277 g/mol. The van der Waals surface area contributed by atoms with Gasteiger partial charge >= 0.3 is 0 Å². The van der Waals surface area contributed by atoms with Crippen LogP contribution in [0.15, 0.2) is 12.1 Å². The van der Waals surface area contributed by atoms with Crippen molar-refractivity contribution in [2.75, 3.05) is 13.2 Å². The van der Waals surface area contributed by atoms with E-state index in [9.17, 15) is 14.0 Å². The van der Waals surface area contributed by atoms with E-state index < -0.39 is 0 Å². The molecule has 0 saturated carbocycles. The zero-order valence-corrected chi connectivity index (χ0v) is 11.2. The molecule has 1 aromatic carbocycles. The van der Waals surface area contributed by atoms with Gasteiger partial charge in [-0.15, -0.1) is 0 Å². The molecule has 1 amide bonds.